The number of carboxylic acid groups (broad SMARTS) is 1. The van der Waals surface area contributed by atoms with Crippen molar-refractivity contribution in [3.8, 4) is 5.75 Å². The molecule has 2 aliphatic heterocycles. The van der Waals surface area contributed by atoms with E-state index < -0.39 is 41.9 Å². The molecule has 0 radical (unpaired) electrons. The monoisotopic (exact) mass is 604 g/mol. The number of amidine groups is 1. The van der Waals surface area contributed by atoms with Gasteiger partial charge in [0.15, 0.2) is 5.78 Å². The Balaban J connectivity index is 1.68. The van der Waals surface area contributed by atoms with Crippen molar-refractivity contribution in [1.29, 1.82) is 0 Å². The normalized spacial score (nSPS) is 20.0. The Morgan fingerprint density at radius 2 is 1.88 bits per heavy atom. The van der Waals surface area contributed by atoms with Crippen LogP contribution in [0.5, 0.6) is 5.75 Å². The van der Waals surface area contributed by atoms with Crippen LogP contribution in [0.2, 0.25) is 5.02 Å². The summed E-state index contributed by atoms with van der Waals surface area (Å²) in [5.41, 5.74) is 1.75. The second kappa shape index (κ2) is 12.0. The predicted molar refractivity (Wildman–Crippen MR) is 162 cm³/mol. The molecule has 2 unspecified atom stereocenters. The van der Waals surface area contributed by atoms with Gasteiger partial charge in [-0.05, 0) is 62.6 Å². The Hall–Kier alpha value is -4.44. The molecule has 11 heteroatoms. The number of aliphatic imine (C=N–C) groups is 1. The highest BCUT2D eigenvalue weighted by molar-refractivity contribution is 6.30. The number of urea groups is 1. The zero-order chi connectivity index (χ0) is 30.9. The van der Waals surface area contributed by atoms with Crippen LogP contribution >= 0.6 is 11.6 Å². The molecule has 0 spiro atoms. The highest BCUT2D eigenvalue weighted by Gasteiger charge is 2.46. The number of nitrogens with zero attached hydrogens (tertiary/aromatic N) is 3. The number of amides is 3. The van der Waals surface area contributed by atoms with Crippen LogP contribution in [0.25, 0.3) is 0 Å². The Morgan fingerprint density at radius 1 is 1.14 bits per heavy atom. The summed E-state index contributed by atoms with van der Waals surface area (Å²) in [4.78, 5) is 58.9. The zero-order valence-electron chi connectivity index (χ0n) is 24.2. The summed E-state index contributed by atoms with van der Waals surface area (Å²) in [6.07, 6.45) is 5.98. The fourth-order valence-electron chi connectivity index (χ4n) is 5.39. The number of hydrogen-bond donors (Lipinski definition) is 2. The molecule has 1 saturated heterocycles. The van der Waals surface area contributed by atoms with Gasteiger partial charge in [0.1, 0.15) is 30.2 Å². The number of carbonyl (C=O) groups is 4. The lowest BCUT2D eigenvalue weighted by atomic mass is 9.93. The summed E-state index contributed by atoms with van der Waals surface area (Å²) >= 11 is 6.23. The maximum Gasteiger partial charge on any atom is 0.326 e. The number of ether oxygens (including phenoxy) is 1. The summed E-state index contributed by atoms with van der Waals surface area (Å²) in [5.74, 6) is -1.45. The molecule has 2 atom stereocenters. The first-order valence-corrected chi connectivity index (χ1v) is 14.4. The van der Waals surface area contributed by atoms with Gasteiger partial charge in [-0.1, -0.05) is 48.0 Å². The van der Waals surface area contributed by atoms with Gasteiger partial charge >= 0.3 is 12.0 Å². The van der Waals surface area contributed by atoms with Crippen LogP contribution in [0.15, 0.2) is 71.3 Å². The number of hydrogen-bond acceptors (Lipinski definition) is 6. The molecule has 5 rings (SSSR count). The van der Waals surface area contributed by atoms with Crippen molar-refractivity contribution in [2.24, 2.45) is 4.99 Å². The van der Waals surface area contributed by atoms with Gasteiger partial charge in [0, 0.05) is 23.7 Å². The molecule has 43 heavy (non-hydrogen) atoms. The van der Waals surface area contributed by atoms with Gasteiger partial charge in [-0.2, -0.15) is 0 Å². The molecule has 3 amide bonds. The van der Waals surface area contributed by atoms with Crippen molar-refractivity contribution >= 4 is 41.1 Å². The average Bonchev–Trinajstić information content (AvgIpc) is 3.60. The van der Waals surface area contributed by atoms with E-state index in [4.69, 9.17) is 21.3 Å². The van der Waals surface area contributed by atoms with Gasteiger partial charge < -0.3 is 20.1 Å². The standard InChI is InChI=1S/C32H33ClN4O6/c1-32(2,3)43-25-16-21(24(38)17-27(40)41)10-13-23(25)30-35-28(19-6-4-5-7-19)29(20-8-11-22(33)12-9-20)37(30)31(42)36-15-14-34-26(39)18-36/h4-6,8-13,16,28-29H,7,14-15,17-18H2,1-3H3,(H,34,39)(H,40,41). The number of allylic oxidation sites excluding steroid dienone is 3. The second-order valence-electron chi connectivity index (χ2n) is 11.6. The number of piperazine rings is 1. The van der Waals surface area contributed by atoms with Gasteiger partial charge in [0.2, 0.25) is 5.91 Å². The van der Waals surface area contributed by atoms with Crippen molar-refractivity contribution in [3.05, 3.63) is 88.0 Å². The lowest BCUT2D eigenvalue weighted by Gasteiger charge is -2.36. The molecule has 0 bridgehead atoms. The molecule has 0 aromatic heterocycles. The third kappa shape index (κ3) is 6.64. The van der Waals surface area contributed by atoms with Crippen LogP contribution in [-0.4, -0.2) is 75.7 Å². The summed E-state index contributed by atoms with van der Waals surface area (Å²) in [5, 5.41) is 12.5. The Morgan fingerprint density at radius 3 is 2.51 bits per heavy atom. The van der Waals surface area contributed by atoms with Crippen LogP contribution in [-0.2, 0) is 9.59 Å². The van der Waals surface area contributed by atoms with E-state index in [1.165, 1.54) is 17.0 Å². The minimum atomic E-state index is -1.23. The third-order valence-corrected chi connectivity index (χ3v) is 7.50. The van der Waals surface area contributed by atoms with E-state index in [-0.39, 0.29) is 23.8 Å². The molecule has 10 nitrogen and oxygen atoms in total. The van der Waals surface area contributed by atoms with Gasteiger partial charge in [0.25, 0.3) is 0 Å². The molecule has 2 aromatic carbocycles. The summed E-state index contributed by atoms with van der Waals surface area (Å²) in [6.45, 7) is 6.10. The quantitative estimate of drug-likeness (QED) is 0.346. The molecule has 3 aliphatic rings. The van der Waals surface area contributed by atoms with Crippen LogP contribution in [0.3, 0.4) is 0 Å². The van der Waals surface area contributed by atoms with Gasteiger partial charge in [-0.3, -0.25) is 24.3 Å². The Bertz CT molecular complexity index is 1560. The lowest BCUT2D eigenvalue weighted by molar-refractivity contribution is -0.136. The fourth-order valence-corrected chi connectivity index (χ4v) is 5.52. The third-order valence-electron chi connectivity index (χ3n) is 7.25. The van der Waals surface area contributed by atoms with Crippen molar-refractivity contribution < 1.29 is 29.0 Å². The highest BCUT2D eigenvalue weighted by Crippen LogP contribution is 2.42. The minimum absolute atomic E-state index is 0.0984. The van der Waals surface area contributed by atoms with Crippen LogP contribution < -0.4 is 10.1 Å². The largest absolute Gasteiger partial charge is 0.487 e. The van der Waals surface area contributed by atoms with E-state index in [1.807, 2.05) is 51.1 Å². The van der Waals surface area contributed by atoms with E-state index in [9.17, 15) is 24.3 Å². The maximum atomic E-state index is 14.4. The molecule has 0 saturated carbocycles. The number of halogens is 1. The number of carbonyl (C=O) groups excluding carboxylic acids is 3. The van der Waals surface area contributed by atoms with Crippen LogP contribution in [0, 0.1) is 0 Å². The average molecular weight is 605 g/mol. The molecule has 2 N–H and O–H groups in total. The first kappa shape index (κ1) is 30.0. The number of benzene rings is 2. The summed E-state index contributed by atoms with van der Waals surface area (Å²) < 4.78 is 6.31. The molecular formula is C32H33ClN4O6. The molecular weight excluding hydrogens is 572 g/mol. The maximum absolute atomic E-state index is 14.4. The SMILES string of the molecule is CC(C)(C)Oc1cc(C(=O)CC(=O)O)ccc1C1=NC(C2=CC=CC2)C(c2ccc(Cl)cc2)N1C(=O)N1CCNC(=O)C1. The van der Waals surface area contributed by atoms with E-state index in [0.717, 1.165) is 11.1 Å². The fraction of sp³-hybridized carbons (Fsp3) is 0.344. The van der Waals surface area contributed by atoms with E-state index >= 15 is 0 Å². The number of carboxylic acids is 1. The number of Topliss-reactive ketones (excluding diaryl/α,β-unsaturated/α-hetero) is 1. The van der Waals surface area contributed by atoms with Crippen molar-refractivity contribution in [2.45, 2.75) is 51.3 Å². The number of nitrogens with one attached hydrogen (secondary N) is 1. The van der Waals surface area contributed by atoms with E-state index in [1.54, 1.807) is 23.1 Å². The van der Waals surface area contributed by atoms with Crippen molar-refractivity contribution in [3.63, 3.8) is 0 Å². The van der Waals surface area contributed by atoms with E-state index in [2.05, 4.69) is 5.32 Å². The number of aliphatic carboxylic acids is 1. The minimum Gasteiger partial charge on any atom is -0.487 e. The van der Waals surface area contributed by atoms with Gasteiger partial charge in [0.05, 0.1) is 17.6 Å². The predicted octanol–water partition coefficient (Wildman–Crippen LogP) is 4.78. The van der Waals surface area contributed by atoms with Crippen LogP contribution in [0.1, 0.15) is 61.1 Å². The van der Waals surface area contributed by atoms with Crippen molar-refractivity contribution in [2.75, 3.05) is 19.6 Å². The first-order valence-electron chi connectivity index (χ1n) is 14.0. The Kier molecular flexibility index (Phi) is 8.41. The number of ketones is 1. The van der Waals surface area contributed by atoms with E-state index in [0.29, 0.717) is 35.9 Å². The van der Waals surface area contributed by atoms with Crippen LogP contribution in [0.4, 0.5) is 4.79 Å². The molecule has 1 aliphatic carbocycles. The first-order chi connectivity index (χ1) is 20.4. The highest BCUT2D eigenvalue weighted by atomic mass is 35.5. The van der Waals surface area contributed by atoms with Crippen molar-refractivity contribution in [1.82, 2.24) is 15.1 Å². The molecule has 2 heterocycles. The lowest BCUT2D eigenvalue weighted by Crippen LogP contribution is -2.55. The molecule has 224 valence electrons. The molecule has 1 fully saturated rings. The topological polar surface area (TPSA) is 129 Å². The second-order valence-corrected chi connectivity index (χ2v) is 12.0. The van der Waals surface area contributed by atoms with Gasteiger partial charge in [-0.15, -0.1) is 0 Å². The van der Waals surface area contributed by atoms with Gasteiger partial charge in [-0.25, -0.2) is 4.79 Å². The summed E-state index contributed by atoms with van der Waals surface area (Å²) in [7, 11) is 0. The number of rotatable bonds is 7. The zero-order valence-corrected chi connectivity index (χ0v) is 24.9. The smallest absolute Gasteiger partial charge is 0.326 e. The Labute approximate surface area is 254 Å². The summed E-state index contributed by atoms with van der Waals surface area (Å²) in [6, 6.07) is 10.5. The molecule has 2 aromatic rings.